The minimum absolute atomic E-state index is 0. The van der Waals surface area contributed by atoms with Crippen LogP contribution in [-0.2, 0) is 26.2 Å². The van der Waals surface area contributed by atoms with Crippen molar-refractivity contribution in [3.8, 4) is 22.6 Å². The number of halogens is 2. The molecule has 0 bridgehead atoms. The molecule has 4 aromatic rings. The van der Waals surface area contributed by atoms with Gasteiger partial charge in [-0.3, -0.25) is 4.99 Å². The second-order valence-corrected chi connectivity index (χ2v) is 7.17. The van der Waals surface area contributed by atoms with E-state index in [2.05, 4.69) is 65.7 Å². The topological polar surface area (TPSA) is 25.5 Å². The van der Waals surface area contributed by atoms with Gasteiger partial charge in [0.15, 0.2) is 0 Å². The van der Waals surface area contributed by atoms with Gasteiger partial charge in [0.2, 0.25) is 0 Å². The van der Waals surface area contributed by atoms with E-state index >= 15 is 0 Å². The summed E-state index contributed by atoms with van der Waals surface area (Å²) in [6.07, 6.45) is 8.23. The molecular weight excluding hydrogens is 516 g/mol. The van der Waals surface area contributed by atoms with E-state index in [1.807, 2.05) is 49.4 Å². The standard InChI is InChI=1S/C19H13O.C8H7N.2ClH.Zr/c1-2-6-14(7-3-1)18-10-11-19(20-18)17-12-15-8-4-5-9-16(15)13-17;1-6-5-7-3-2-4-8(7)9-6;;;/h1-13H;2-5H,1H3;2*1H;/q-1;;;;+3/p-2. The number of nitrogens with zero attached hydrogens (tertiary/aromatic N) is 1. The van der Waals surface area contributed by atoms with Crippen LogP contribution in [0.15, 0.2) is 124 Å². The molecule has 3 aromatic carbocycles. The van der Waals surface area contributed by atoms with Crippen LogP contribution in [0.4, 0.5) is 0 Å². The average Bonchev–Trinajstić information content (AvgIpc) is 3.51. The van der Waals surface area contributed by atoms with Crippen LogP contribution in [0.3, 0.4) is 0 Å². The number of benzene rings is 2. The fraction of sp³-hybridized carbons (Fsp3) is 0.0370. The van der Waals surface area contributed by atoms with Gasteiger partial charge >= 0.3 is 26.2 Å². The maximum atomic E-state index is 5.99. The van der Waals surface area contributed by atoms with Gasteiger partial charge in [-0.15, -0.1) is 29.0 Å². The Hall–Kier alpha value is -2.32. The quantitative estimate of drug-likeness (QED) is 0.355. The molecule has 0 amide bonds. The first kappa shape index (κ1) is 25.9. The van der Waals surface area contributed by atoms with Gasteiger partial charge in [0.1, 0.15) is 5.76 Å². The van der Waals surface area contributed by atoms with E-state index in [1.54, 1.807) is 0 Å². The molecule has 32 heavy (non-hydrogen) atoms. The minimum Gasteiger partial charge on any atom is -1.00 e. The van der Waals surface area contributed by atoms with Gasteiger partial charge < -0.3 is 29.2 Å². The van der Waals surface area contributed by atoms with Crippen LogP contribution in [0.5, 0.6) is 0 Å². The Morgan fingerprint density at radius 1 is 0.844 bits per heavy atom. The summed E-state index contributed by atoms with van der Waals surface area (Å²) in [5.41, 5.74) is 5.73. The monoisotopic (exact) mass is 534 g/mol. The Kier molecular flexibility index (Phi) is 9.34. The third-order valence-corrected chi connectivity index (χ3v) is 5.05. The maximum Gasteiger partial charge on any atom is 3.00 e. The summed E-state index contributed by atoms with van der Waals surface area (Å²) in [6.45, 7) is 2.01. The molecule has 1 radical (unpaired) electrons. The average molecular weight is 537 g/mol. The van der Waals surface area contributed by atoms with Crippen LogP contribution in [-0.4, -0.2) is 5.71 Å². The molecule has 1 aromatic heterocycles. The van der Waals surface area contributed by atoms with Crippen molar-refractivity contribution in [3.63, 3.8) is 0 Å². The molecule has 1 aliphatic heterocycles. The van der Waals surface area contributed by atoms with Gasteiger partial charge in [0.25, 0.3) is 0 Å². The zero-order valence-electron chi connectivity index (χ0n) is 17.4. The summed E-state index contributed by atoms with van der Waals surface area (Å²) >= 11 is 0. The summed E-state index contributed by atoms with van der Waals surface area (Å²) in [6, 6.07) is 27.0. The third-order valence-electron chi connectivity index (χ3n) is 5.05. The van der Waals surface area contributed by atoms with Crippen LogP contribution < -0.4 is 24.8 Å². The molecular formula is C27H20Cl2NOZr. The first-order valence-electron chi connectivity index (χ1n) is 9.73. The Morgan fingerprint density at radius 3 is 2.31 bits per heavy atom. The smallest absolute Gasteiger partial charge is 1.00 e. The summed E-state index contributed by atoms with van der Waals surface area (Å²) < 4.78 is 5.99. The first-order chi connectivity index (χ1) is 14.3. The predicted octanol–water partition coefficient (Wildman–Crippen LogP) is 1.33. The first-order valence-corrected chi connectivity index (χ1v) is 9.73. The van der Waals surface area contributed by atoms with Crippen molar-refractivity contribution in [3.05, 3.63) is 114 Å². The second kappa shape index (κ2) is 11.5. The van der Waals surface area contributed by atoms with E-state index in [1.165, 1.54) is 16.3 Å². The Labute approximate surface area is 219 Å². The van der Waals surface area contributed by atoms with Crippen LogP contribution in [0.2, 0.25) is 0 Å². The summed E-state index contributed by atoms with van der Waals surface area (Å²) in [5, 5.41) is 2.50. The fourth-order valence-corrected chi connectivity index (χ4v) is 3.64. The van der Waals surface area contributed by atoms with E-state index in [4.69, 9.17) is 4.42 Å². The molecule has 2 nitrogen and oxygen atoms in total. The third kappa shape index (κ3) is 5.53. The molecule has 0 saturated heterocycles. The summed E-state index contributed by atoms with van der Waals surface area (Å²) in [5.74, 6) is 1.82. The number of hydrogen-bond acceptors (Lipinski definition) is 2. The molecule has 0 atom stereocenters. The number of hydrogen-bond donors (Lipinski definition) is 0. The van der Waals surface area contributed by atoms with Crippen molar-refractivity contribution < 1.29 is 55.4 Å². The van der Waals surface area contributed by atoms with Crippen LogP contribution >= 0.6 is 0 Å². The maximum absolute atomic E-state index is 5.99. The SMILES string of the molecule is CC1=NC2=CC=CC2=C1.[Cl-].[Cl-].[Zr+3].c1ccc(-c2ccc(-c3cc4ccccc4[cH-]3)o2)cc1. The molecule has 1 aliphatic carbocycles. The van der Waals surface area contributed by atoms with E-state index in [9.17, 15) is 0 Å². The zero-order chi connectivity index (χ0) is 19.6. The van der Waals surface area contributed by atoms with E-state index in [-0.39, 0.29) is 51.0 Å². The molecule has 6 rings (SSSR count). The Bertz CT molecular complexity index is 1280. The van der Waals surface area contributed by atoms with Gasteiger partial charge in [-0.1, -0.05) is 66.2 Å². The second-order valence-electron chi connectivity index (χ2n) is 7.17. The molecule has 0 unspecified atom stereocenters. The van der Waals surface area contributed by atoms with Crippen molar-refractivity contribution in [1.82, 2.24) is 0 Å². The van der Waals surface area contributed by atoms with Crippen molar-refractivity contribution in [2.45, 2.75) is 6.92 Å². The number of furan rings is 1. The Balaban J connectivity index is 0.000000259. The van der Waals surface area contributed by atoms with Gasteiger partial charge in [-0.2, -0.15) is 0 Å². The van der Waals surface area contributed by atoms with Crippen molar-refractivity contribution in [2.24, 2.45) is 4.99 Å². The van der Waals surface area contributed by atoms with Gasteiger partial charge in [-0.25, -0.2) is 0 Å². The molecule has 0 N–H and O–H groups in total. The fourth-order valence-electron chi connectivity index (χ4n) is 3.64. The number of allylic oxidation sites excluding steroid dienone is 4. The molecule has 0 fully saturated rings. The van der Waals surface area contributed by atoms with Crippen LogP contribution in [0, 0.1) is 0 Å². The van der Waals surface area contributed by atoms with Crippen LogP contribution in [0.25, 0.3) is 33.4 Å². The summed E-state index contributed by atoms with van der Waals surface area (Å²) in [4.78, 5) is 4.27. The van der Waals surface area contributed by atoms with Crippen LogP contribution in [0.1, 0.15) is 6.92 Å². The minimum atomic E-state index is 0. The van der Waals surface area contributed by atoms with Gasteiger partial charge in [0, 0.05) is 16.8 Å². The van der Waals surface area contributed by atoms with E-state index in [0.717, 1.165) is 34.1 Å². The molecule has 157 valence electrons. The van der Waals surface area contributed by atoms with E-state index < -0.39 is 0 Å². The Morgan fingerprint density at radius 2 is 1.56 bits per heavy atom. The van der Waals surface area contributed by atoms with Gasteiger partial charge in [0.05, 0.1) is 11.5 Å². The van der Waals surface area contributed by atoms with E-state index in [0.29, 0.717) is 0 Å². The van der Waals surface area contributed by atoms with Crippen molar-refractivity contribution in [1.29, 1.82) is 0 Å². The largest absolute Gasteiger partial charge is 3.00 e. The molecule has 2 heterocycles. The molecule has 5 heteroatoms. The van der Waals surface area contributed by atoms with Crippen molar-refractivity contribution >= 4 is 16.5 Å². The zero-order valence-corrected chi connectivity index (χ0v) is 21.4. The number of aliphatic imine (C=N–C) groups is 1. The van der Waals surface area contributed by atoms with Crippen molar-refractivity contribution in [2.75, 3.05) is 0 Å². The van der Waals surface area contributed by atoms with Gasteiger partial charge in [-0.05, 0) is 31.2 Å². The molecule has 0 saturated carbocycles. The number of rotatable bonds is 2. The predicted molar refractivity (Wildman–Crippen MR) is 121 cm³/mol. The number of fused-ring (bicyclic) bond motifs is 2. The summed E-state index contributed by atoms with van der Waals surface area (Å²) in [7, 11) is 0. The molecule has 2 aliphatic rings. The normalized spacial score (nSPS) is 12.8. The molecule has 0 spiro atoms.